The Morgan fingerprint density at radius 1 is 1.45 bits per heavy atom. The fourth-order valence-corrected chi connectivity index (χ4v) is 2.77. The number of ketones is 1. The van der Waals surface area contributed by atoms with E-state index in [0.29, 0.717) is 5.57 Å². The summed E-state index contributed by atoms with van der Waals surface area (Å²) in [7, 11) is 1.28. The number of allylic oxidation sites excluding steroid dienone is 1. The van der Waals surface area contributed by atoms with Gasteiger partial charge in [-0.05, 0) is 24.6 Å². The lowest BCUT2D eigenvalue weighted by Gasteiger charge is -2.44. The number of hydrogen-bond donors (Lipinski definition) is 1. The van der Waals surface area contributed by atoms with Crippen LogP contribution >= 0.6 is 0 Å². The molecule has 108 valence electrons. The molecule has 20 heavy (non-hydrogen) atoms. The number of carbonyl (C=O) groups is 2. The standard InChI is InChI=1S/C15H18O5/c1-9-5-11(16)7-14(2,3)15(9,18)12-6-10(8-20-12)13(17)19-4/h5-6,8,18H,7H2,1-4H3. The van der Waals surface area contributed by atoms with Crippen molar-refractivity contribution in [3.63, 3.8) is 0 Å². The van der Waals surface area contributed by atoms with Gasteiger partial charge in [-0.15, -0.1) is 0 Å². The van der Waals surface area contributed by atoms with Gasteiger partial charge in [0.25, 0.3) is 0 Å². The zero-order valence-corrected chi connectivity index (χ0v) is 12.0. The van der Waals surface area contributed by atoms with Gasteiger partial charge in [-0.1, -0.05) is 13.8 Å². The van der Waals surface area contributed by atoms with Crippen molar-refractivity contribution in [2.45, 2.75) is 32.8 Å². The predicted molar refractivity (Wildman–Crippen MR) is 71.1 cm³/mol. The van der Waals surface area contributed by atoms with Gasteiger partial charge in [0.2, 0.25) is 0 Å². The molecule has 0 saturated carbocycles. The summed E-state index contributed by atoms with van der Waals surface area (Å²) in [6.07, 6.45) is 2.87. The molecule has 1 aliphatic carbocycles. The van der Waals surface area contributed by atoms with E-state index in [9.17, 15) is 14.7 Å². The lowest BCUT2D eigenvalue weighted by molar-refractivity contribution is -0.126. The van der Waals surface area contributed by atoms with Crippen LogP contribution in [0, 0.1) is 5.41 Å². The summed E-state index contributed by atoms with van der Waals surface area (Å²) >= 11 is 0. The quantitative estimate of drug-likeness (QED) is 0.839. The Balaban J connectivity index is 2.53. The Labute approximate surface area is 117 Å². The number of methoxy groups -OCH3 is 1. The van der Waals surface area contributed by atoms with Gasteiger partial charge < -0.3 is 14.3 Å². The van der Waals surface area contributed by atoms with E-state index in [2.05, 4.69) is 4.74 Å². The number of hydrogen-bond acceptors (Lipinski definition) is 5. The average Bonchev–Trinajstić information content (AvgIpc) is 2.83. The molecule has 0 amide bonds. The van der Waals surface area contributed by atoms with Crippen molar-refractivity contribution < 1.29 is 23.8 Å². The first kappa shape index (κ1) is 14.5. The smallest absolute Gasteiger partial charge is 0.341 e. The number of ether oxygens (including phenoxy) is 1. The van der Waals surface area contributed by atoms with E-state index in [1.807, 2.05) is 0 Å². The van der Waals surface area contributed by atoms with Gasteiger partial charge in [-0.2, -0.15) is 0 Å². The van der Waals surface area contributed by atoms with Crippen LogP contribution in [0.1, 0.15) is 43.3 Å². The molecule has 0 radical (unpaired) electrons. The van der Waals surface area contributed by atoms with Crippen molar-refractivity contribution in [1.82, 2.24) is 0 Å². The fourth-order valence-electron chi connectivity index (χ4n) is 2.77. The largest absolute Gasteiger partial charge is 0.465 e. The Kier molecular flexibility index (Phi) is 3.34. The van der Waals surface area contributed by atoms with Gasteiger partial charge in [-0.25, -0.2) is 4.79 Å². The first-order chi connectivity index (χ1) is 9.22. The zero-order valence-electron chi connectivity index (χ0n) is 12.0. The summed E-state index contributed by atoms with van der Waals surface area (Å²) in [6, 6.07) is 1.46. The van der Waals surface area contributed by atoms with Crippen LogP contribution in [-0.2, 0) is 15.1 Å². The van der Waals surface area contributed by atoms with Crippen LogP contribution in [0.2, 0.25) is 0 Å². The Morgan fingerprint density at radius 2 is 2.10 bits per heavy atom. The van der Waals surface area contributed by atoms with Crippen LogP contribution in [0.5, 0.6) is 0 Å². The zero-order chi connectivity index (χ0) is 15.1. The van der Waals surface area contributed by atoms with E-state index in [-0.39, 0.29) is 23.5 Å². The van der Waals surface area contributed by atoms with Gasteiger partial charge >= 0.3 is 5.97 Å². The van der Waals surface area contributed by atoms with Gasteiger partial charge in [0.05, 0.1) is 12.7 Å². The monoisotopic (exact) mass is 278 g/mol. The van der Waals surface area contributed by atoms with Crippen LogP contribution in [0.15, 0.2) is 28.4 Å². The minimum atomic E-state index is -1.42. The summed E-state index contributed by atoms with van der Waals surface area (Å²) in [6.45, 7) is 5.27. The van der Waals surface area contributed by atoms with Crippen molar-refractivity contribution in [3.05, 3.63) is 35.3 Å². The normalized spacial score (nSPS) is 25.2. The molecule has 1 aliphatic rings. The van der Waals surface area contributed by atoms with Gasteiger partial charge in [0.15, 0.2) is 5.78 Å². The first-order valence-corrected chi connectivity index (χ1v) is 6.33. The third-order valence-electron chi connectivity index (χ3n) is 3.92. The third kappa shape index (κ3) is 1.98. The highest BCUT2D eigenvalue weighted by Gasteiger charge is 2.52. The summed E-state index contributed by atoms with van der Waals surface area (Å²) in [5.41, 5.74) is -1.41. The fraction of sp³-hybridized carbons (Fsp3) is 0.467. The van der Waals surface area contributed by atoms with E-state index >= 15 is 0 Å². The maximum atomic E-state index is 11.7. The second-order valence-corrected chi connectivity index (χ2v) is 5.76. The lowest BCUT2D eigenvalue weighted by Crippen LogP contribution is -2.46. The molecule has 1 aromatic rings. The highest BCUT2D eigenvalue weighted by Crippen LogP contribution is 2.50. The number of rotatable bonds is 2. The Morgan fingerprint density at radius 3 is 2.65 bits per heavy atom. The van der Waals surface area contributed by atoms with Crippen molar-refractivity contribution in [1.29, 1.82) is 0 Å². The predicted octanol–water partition coefficient (Wildman–Crippen LogP) is 2.20. The summed E-state index contributed by atoms with van der Waals surface area (Å²) < 4.78 is 9.98. The van der Waals surface area contributed by atoms with Crippen molar-refractivity contribution in [2.24, 2.45) is 5.41 Å². The van der Waals surface area contributed by atoms with Gasteiger partial charge in [0, 0.05) is 11.8 Å². The molecule has 5 nitrogen and oxygen atoms in total. The Bertz CT molecular complexity index is 593. The molecule has 1 unspecified atom stereocenters. The molecule has 1 N–H and O–H groups in total. The van der Waals surface area contributed by atoms with Crippen LogP contribution in [0.3, 0.4) is 0 Å². The molecule has 0 spiro atoms. The molecular weight excluding hydrogens is 260 g/mol. The molecule has 0 aromatic carbocycles. The molecule has 1 heterocycles. The maximum Gasteiger partial charge on any atom is 0.341 e. The molecule has 0 bridgehead atoms. The van der Waals surface area contributed by atoms with E-state index in [1.54, 1.807) is 20.8 Å². The summed E-state index contributed by atoms with van der Waals surface area (Å²) in [5.74, 6) is -0.323. The Hall–Kier alpha value is -1.88. The molecular formula is C15H18O5. The lowest BCUT2D eigenvalue weighted by atomic mass is 9.63. The SMILES string of the molecule is COC(=O)c1coc(C2(O)C(C)=CC(=O)CC2(C)C)c1. The van der Waals surface area contributed by atoms with Crippen LogP contribution < -0.4 is 0 Å². The van der Waals surface area contributed by atoms with Crippen LogP contribution in [-0.4, -0.2) is 24.0 Å². The highest BCUT2D eigenvalue weighted by atomic mass is 16.5. The van der Waals surface area contributed by atoms with E-state index in [0.717, 1.165) is 0 Å². The van der Waals surface area contributed by atoms with Crippen molar-refractivity contribution in [3.8, 4) is 0 Å². The van der Waals surface area contributed by atoms with Gasteiger partial charge in [-0.3, -0.25) is 4.79 Å². The van der Waals surface area contributed by atoms with Gasteiger partial charge in [0.1, 0.15) is 17.6 Å². The molecule has 0 aliphatic heterocycles. The van der Waals surface area contributed by atoms with E-state index < -0.39 is 17.0 Å². The minimum absolute atomic E-state index is 0.0306. The first-order valence-electron chi connectivity index (χ1n) is 6.33. The van der Waals surface area contributed by atoms with Crippen LogP contribution in [0.4, 0.5) is 0 Å². The number of carbonyl (C=O) groups excluding carboxylic acids is 2. The molecule has 1 aromatic heterocycles. The summed E-state index contributed by atoms with van der Waals surface area (Å²) in [4.78, 5) is 23.2. The minimum Gasteiger partial charge on any atom is -0.465 e. The van der Waals surface area contributed by atoms with Crippen molar-refractivity contribution in [2.75, 3.05) is 7.11 Å². The molecule has 1 atom stereocenters. The molecule has 0 saturated heterocycles. The second kappa shape index (κ2) is 4.59. The number of aliphatic hydroxyl groups is 1. The number of esters is 1. The summed E-state index contributed by atoms with van der Waals surface area (Å²) in [5, 5.41) is 11.1. The average molecular weight is 278 g/mol. The van der Waals surface area contributed by atoms with E-state index in [1.165, 1.54) is 25.5 Å². The third-order valence-corrected chi connectivity index (χ3v) is 3.92. The second-order valence-electron chi connectivity index (χ2n) is 5.76. The molecule has 2 rings (SSSR count). The highest BCUT2D eigenvalue weighted by molar-refractivity contribution is 5.93. The topological polar surface area (TPSA) is 76.7 Å². The van der Waals surface area contributed by atoms with Crippen molar-refractivity contribution >= 4 is 11.8 Å². The van der Waals surface area contributed by atoms with E-state index in [4.69, 9.17) is 4.42 Å². The number of furan rings is 1. The van der Waals surface area contributed by atoms with Crippen LogP contribution in [0.25, 0.3) is 0 Å². The molecule has 5 heteroatoms. The maximum absolute atomic E-state index is 11.7. The molecule has 0 fully saturated rings.